The molecular weight excluding hydrogens is 226 g/mol. The van der Waals surface area contributed by atoms with Crippen molar-refractivity contribution in [3.8, 4) is 11.3 Å². The van der Waals surface area contributed by atoms with Gasteiger partial charge in [0.05, 0.1) is 5.69 Å². The van der Waals surface area contributed by atoms with Gasteiger partial charge in [0.15, 0.2) is 0 Å². The number of rotatable bonds is 4. The van der Waals surface area contributed by atoms with Gasteiger partial charge >= 0.3 is 5.97 Å². The standard InChI is InChI=1S/C15H15NO2/c1-11-3-2-4-14(16-11)13-8-5-12(6-9-13)7-10-15(17)18/h2-6,8-9H,7,10H2,1H3,(H,17,18). The van der Waals surface area contributed by atoms with Crippen LogP contribution in [-0.4, -0.2) is 16.1 Å². The van der Waals surface area contributed by atoms with Gasteiger partial charge in [0.2, 0.25) is 0 Å². The highest BCUT2D eigenvalue weighted by Gasteiger charge is 2.02. The Morgan fingerprint density at radius 1 is 1.17 bits per heavy atom. The second kappa shape index (κ2) is 5.45. The summed E-state index contributed by atoms with van der Waals surface area (Å²) in [4.78, 5) is 14.9. The minimum absolute atomic E-state index is 0.169. The molecule has 0 aliphatic rings. The Morgan fingerprint density at radius 2 is 1.89 bits per heavy atom. The van der Waals surface area contributed by atoms with Crippen LogP contribution in [0.3, 0.4) is 0 Å². The number of hydrogen-bond acceptors (Lipinski definition) is 2. The van der Waals surface area contributed by atoms with E-state index in [1.54, 1.807) is 0 Å². The Bertz CT molecular complexity index is 547. The summed E-state index contributed by atoms with van der Waals surface area (Å²) in [6.45, 7) is 1.96. The number of pyridine rings is 1. The highest BCUT2D eigenvalue weighted by molar-refractivity contribution is 5.67. The van der Waals surface area contributed by atoms with Gasteiger partial charge in [-0.05, 0) is 31.0 Å². The van der Waals surface area contributed by atoms with E-state index in [1.807, 2.05) is 49.4 Å². The SMILES string of the molecule is Cc1cccc(-c2ccc(CCC(=O)O)cc2)n1. The van der Waals surface area contributed by atoms with Crippen molar-refractivity contribution in [1.29, 1.82) is 0 Å². The number of benzene rings is 1. The molecule has 2 rings (SSSR count). The molecule has 3 heteroatoms. The molecule has 0 aliphatic heterocycles. The van der Waals surface area contributed by atoms with Gasteiger partial charge in [0.1, 0.15) is 0 Å². The van der Waals surface area contributed by atoms with Crippen molar-refractivity contribution in [2.45, 2.75) is 19.8 Å². The van der Waals surface area contributed by atoms with Crippen molar-refractivity contribution in [3.63, 3.8) is 0 Å². The molecule has 0 aliphatic carbocycles. The third-order valence-corrected chi connectivity index (χ3v) is 2.77. The van der Waals surface area contributed by atoms with Crippen molar-refractivity contribution < 1.29 is 9.90 Å². The molecule has 0 bridgehead atoms. The van der Waals surface area contributed by atoms with Gasteiger partial charge in [0.25, 0.3) is 0 Å². The zero-order valence-electron chi connectivity index (χ0n) is 10.3. The van der Waals surface area contributed by atoms with Crippen LogP contribution in [0.4, 0.5) is 0 Å². The van der Waals surface area contributed by atoms with Crippen LogP contribution >= 0.6 is 0 Å². The molecular formula is C15H15NO2. The Hall–Kier alpha value is -2.16. The Morgan fingerprint density at radius 3 is 2.50 bits per heavy atom. The summed E-state index contributed by atoms with van der Waals surface area (Å²) >= 11 is 0. The highest BCUT2D eigenvalue weighted by atomic mass is 16.4. The third-order valence-electron chi connectivity index (χ3n) is 2.77. The molecule has 1 aromatic carbocycles. The second-order valence-electron chi connectivity index (χ2n) is 4.25. The summed E-state index contributed by atoms with van der Waals surface area (Å²) in [7, 11) is 0. The molecule has 0 spiro atoms. The van der Waals surface area contributed by atoms with Crippen molar-refractivity contribution >= 4 is 5.97 Å². The maximum atomic E-state index is 10.5. The normalized spacial score (nSPS) is 10.3. The zero-order chi connectivity index (χ0) is 13.0. The van der Waals surface area contributed by atoms with Gasteiger partial charge in [-0.15, -0.1) is 0 Å². The van der Waals surface area contributed by atoms with Crippen LogP contribution in [0.2, 0.25) is 0 Å². The first-order chi connectivity index (χ1) is 8.65. The van der Waals surface area contributed by atoms with Gasteiger partial charge in [0, 0.05) is 17.7 Å². The molecule has 0 saturated heterocycles. The topological polar surface area (TPSA) is 50.2 Å². The minimum Gasteiger partial charge on any atom is -0.481 e. The van der Waals surface area contributed by atoms with Crippen molar-refractivity contribution in [2.75, 3.05) is 0 Å². The Labute approximate surface area is 106 Å². The van der Waals surface area contributed by atoms with E-state index in [1.165, 1.54) is 0 Å². The molecule has 0 unspecified atom stereocenters. The van der Waals surface area contributed by atoms with E-state index >= 15 is 0 Å². The molecule has 1 heterocycles. The molecule has 92 valence electrons. The number of aromatic nitrogens is 1. The lowest BCUT2D eigenvalue weighted by Crippen LogP contribution is -1.97. The zero-order valence-corrected chi connectivity index (χ0v) is 10.3. The summed E-state index contributed by atoms with van der Waals surface area (Å²) in [6, 6.07) is 13.8. The molecule has 3 nitrogen and oxygen atoms in total. The molecule has 0 radical (unpaired) electrons. The van der Waals surface area contributed by atoms with Gasteiger partial charge in [-0.3, -0.25) is 9.78 Å². The predicted octanol–water partition coefficient (Wildman–Crippen LogP) is 3.07. The van der Waals surface area contributed by atoms with Crippen LogP contribution < -0.4 is 0 Å². The number of aryl methyl sites for hydroxylation is 2. The second-order valence-corrected chi connectivity index (χ2v) is 4.25. The van der Waals surface area contributed by atoms with Crippen LogP contribution in [0.1, 0.15) is 17.7 Å². The lowest BCUT2D eigenvalue weighted by Gasteiger charge is -2.04. The van der Waals surface area contributed by atoms with Crippen LogP contribution in [0.25, 0.3) is 11.3 Å². The van der Waals surface area contributed by atoms with E-state index in [2.05, 4.69) is 4.98 Å². The molecule has 0 amide bonds. The first-order valence-electron chi connectivity index (χ1n) is 5.90. The summed E-state index contributed by atoms with van der Waals surface area (Å²) in [5.41, 5.74) is 4.02. The quantitative estimate of drug-likeness (QED) is 0.894. The van der Waals surface area contributed by atoms with Gasteiger partial charge < -0.3 is 5.11 Å². The number of aliphatic carboxylic acids is 1. The summed E-state index contributed by atoms with van der Waals surface area (Å²) in [5, 5.41) is 8.63. The highest BCUT2D eigenvalue weighted by Crippen LogP contribution is 2.18. The third kappa shape index (κ3) is 3.17. The van der Waals surface area contributed by atoms with E-state index in [0.29, 0.717) is 6.42 Å². The predicted molar refractivity (Wildman–Crippen MR) is 70.4 cm³/mol. The van der Waals surface area contributed by atoms with Crippen LogP contribution in [0.5, 0.6) is 0 Å². The molecule has 1 N–H and O–H groups in total. The van der Waals surface area contributed by atoms with E-state index in [4.69, 9.17) is 5.11 Å². The largest absolute Gasteiger partial charge is 0.481 e. The first-order valence-corrected chi connectivity index (χ1v) is 5.90. The first kappa shape index (κ1) is 12.3. The maximum absolute atomic E-state index is 10.5. The summed E-state index contributed by atoms with van der Waals surface area (Å²) in [6.07, 6.45) is 0.735. The number of carbonyl (C=O) groups is 1. The fraction of sp³-hybridized carbons (Fsp3) is 0.200. The van der Waals surface area contributed by atoms with Crippen LogP contribution in [0, 0.1) is 6.92 Å². The number of nitrogens with zero attached hydrogens (tertiary/aromatic N) is 1. The number of carboxylic acids is 1. The average molecular weight is 241 g/mol. The smallest absolute Gasteiger partial charge is 0.303 e. The molecule has 0 saturated carbocycles. The van der Waals surface area contributed by atoms with Crippen molar-refractivity contribution in [1.82, 2.24) is 4.98 Å². The molecule has 2 aromatic rings. The molecule has 0 atom stereocenters. The minimum atomic E-state index is -0.764. The van der Waals surface area contributed by atoms with Crippen LogP contribution in [-0.2, 0) is 11.2 Å². The number of hydrogen-bond donors (Lipinski definition) is 1. The fourth-order valence-electron chi connectivity index (χ4n) is 1.80. The fourth-order valence-corrected chi connectivity index (χ4v) is 1.80. The summed E-state index contributed by atoms with van der Waals surface area (Å²) in [5.74, 6) is -0.764. The van der Waals surface area contributed by atoms with Crippen molar-refractivity contribution in [3.05, 3.63) is 53.7 Å². The van der Waals surface area contributed by atoms with Crippen molar-refractivity contribution in [2.24, 2.45) is 0 Å². The van der Waals surface area contributed by atoms with Gasteiger partial charge in [-0.2, -0.15) is 0 Å². The van der Waals surface area contributed by atoms with Gasteiger partial charge in [-0.25, -0.2) is 0 Å². The molecule has 18 heavy (non-hydrogen) atoms. The Balaban J connectivity index is 2.14. The number of carboxylic acid groups (broad SMARTS) is 1. The lowest BCUT2D eigenvalue weighted by molar-refractivity contribution is -0.136. The molecule has 1 aromatic heterocycles. The maximum Gasteiger partial charge on any atom is 0.303 e. The van der Waals surface area contributed by atoms with E-state index in [9.17, 15) is 4.79 Å². The molecule has 0 fully saturated rings. The Kier molecular flexibility index (Phi) is 3.72. The summed E-state index contributed by atoms with van der Waals surface area (Å²) < 4.78 is 0. The average Bonchev–Trinajstić information content (AvgIpc) is 2.37. The van der Waals surface area contributed by atoms with E-state index < -0.39 is 5.97 Å². The van der Waals surface area contributed by atoms with E-state index in [0.717, 1.165) is 22.5 Å². The van der Waals surface area contributed by atoms with Gasteiger partial charge in [-0.1, -0.05) is 30.3 Å². The van der Waals surface area contributed by atoms with Crippen LogP contribution in [0.15, 0.2) is 42.5 Å². The van der Waals surface area contributed by atoms with E-state index in [-0.39, 0.29) is 6.42 Å². The monoisotopic (exact) mass is 241 g/mol. The lowest BCUT2D eigenvalue weighted by atomic mass is 10.1.